The van der Waals surface area contributed by atoms with Crippen LogP contribution < -0.4 is 10.6 Å². The molecule has 3 aromatic carbocycles. The van der Waals surface area contributed by atoms with Gasteiger partial charge in [-0.25, -0.2) is 9.78 Å². The Labute approximate surface area is 272 Å². The third-order valence-electron chi connectivity index (χ3n) is 5.45. The molecule has 4 rings (SSSR count). The summed E-state index contributed by atoms with van der Waals surface area (Å²) in [7, 11) is 0. The van der Waals surface area contributed by atoms with Crippen LogP contribution in [0.3, 0.4) is 0 Å². The number of thioether (sulfide) groups is 1. The van der Waals surface area contributed by atoms with Crippen LogP contribution in [0, 0.1) is 0 Å². The molecule has 3 N–H and O–H groups in total. The van der Waals surface area contributed by atoms with E-state index in [2.05, 4.69) is 15.6 Å². The summed E-state index contributed by atoms with van der Waals surface area (Å²) < 4.78 is 0. The van der Waals surface area contributed by atoms with Crippen LogP contribution in [0.5, 0.6) is 0 Å². The molecule has 1 aromatic heterocycles. The van der Waals surface area contributed by atoms with E-state index in [1.807, 2.05) is 0 Å². The van der Waals surface area contributed by atoms with Crippen molar-refractivity contribution in [1.29, 1.82) is 0 Å². The van der Waals surface area contributed by atoms with Crippen LogP contribution in [-0.4, -0.2) is 33.1 Å². The summed E-state index contributed by atoms with van der Waals surface area (Å²) in [6, 6.07) is 11.7. The maximum absolute atomic E-state index is 12.9. The first-order valence-electron chi connectivity index (χ1n) is 11.3. The van der Waals surface area contributed by atoms with Gasteiger partial charge in [-0.3, -0.25) is 9.59 Å². The van der Waals surface area contributed by atoms with Crippen molar-refractivity contribution in [2.75, 3.05) is 10.6 Å². The van der Waals surface area contributed by atoms with Gasteiger partial charge in [0.1, 0.15) is 0 Å². The molecule has 7 nitrogen and oxygen atoms in total. The third-order valence-corrected chi connectivity index (χ3v) is 9.86. The van der Waals surface area contributed by atoms with Crippen molar-refractivity contribution in [3.05, 3.63) is 89.1 Å². The monoisotopic (exact) mass is 707 g/mol. The lowest BCUT2D eigenvalue weighted by Crippen LogP contribution is -2.22. The number of thiazole rings is 1. The number of nitrogens with one attached hydrogen (secondary N) is 2. The number of aromatic nitrogens is 1. The van der Waals surface area contributed by atoms with E-state index in [9.17, 15) is 19.5 Å². The molecule has 1 atom stereocenters. The molecule has 0 bridgehead atoms. The Hall–Kier alpha value is -2.21. The molecule has 0 fully saturated rings. The number of carboxylic acids is 1. The molecule has 0 aliphatic rings. The molecule has 0 radical (unpaired) electrons. The summed E-state index contributed by atoms with van der Waals surface area (Å²) in [5.41, 5.74) is 0.770. The highest BCUT2D eigenvalue weighted by Crippen LogP contribution is 2.42. The van der Waals surface area contributed by atoms with Crippen LogP contribution in [0.1, 0.15) is 27.6 Å². The number of benzene rings is 3. The minimum absolute atomic E-state index is 0.240. The zero-order valence-corrected chi connectivity index (χ0v) is 26.6. The molecule has 212 valence electrons. The van der Waals surface area contributed by atoms with E-state index in [1.54, 1.807) is 54.8 Å². The highest BCUT2D eigenvalue weighted by Gasteiger charge is 2.29. The van der Waals surface area contributed by atoms with Crippen LogP contribution in [0.25, 0.3) is 11.3 Å². The molecule has 1 heterocycles. The Bertz CT molecular complexity index is 1680. The van der Waals surface area contributed by atoms with Gasteiger partial charge in [0.15, 0.2) is 5.13 Å². The van der Waals surface area contributed by atoms with E-state index < -0.39 is 33.3 Å². The molecule has 15 heteroatoms. The largest absolute Gasteiger partial charge is 0.478 e. The predicted molar refractivity (Wildman–Crippen MR) is 169 cm³/mol. The van der Waals surface area contributed by atoms with Gasteiger partial charge in [0.2, 0.25) is 5.91 Å². The van der Waals surface area contributed by atoms with Crippen molar-refractivity contribution in [3.63, 3.8) is 0 Å². The average Bonchev–Trinajstić information content (AvgIpc) is 3.40. The molecule has 0 aliphatic heterocycles. The van der Waals surface area contributed by atoms with Gasteiger partial charge in [-0.1, -0.05) is 75.7 Å². The van der Waals surface area contributed by atoms with Crippen LogP contribution in [0.4, 0.5) is 10.8 Å². The smallest absolute Gasteiger partial charge is 0.338 e. The van der Waals surface area contributed by atoms with E-state index in [4.69, 9.17) is 69.6 Å². The molecule has 0 saturated heterocycles. The van der Waals surface area contributed by atoms with Crippen molar-refractivity contribution in [2.45, 2.75) is 17.1 Å². The summed E-state index contributed by atoms with van der Waals surface area (Å²) in [4.78, 5) is 42.6. The van der Waals surface area contributed by atoms with Crippen molar-refractivity contribution >= 4 is 121 Å². The maximum atomic E-state index is 12.9. The van der Waals surface area contributed by atoms with E-state index in [-0.39, 0.29) is 21.0 Å². The fourth-order valence-electron chi connectivity index (χ4n) is 3.44. The van der Waals surface area contributed by atoms with Gasteiger partial charge >= 0.3 is 5.97 Å². The number of aromatic carboxylic acids is 1. The Balaban J connectivity index is 1.40. The van der Waals surface area contributed by atoms with Crippen molar-refractivity contribution < 1.29 is 19.5 Å². The number of hydrogen-bond acceptors (Lipinski definition) is 6. The lowest BCUT2D eigenvalue weighted by Gasteiger charge is -2.14. The lowest BCUT2D eigenvalue weighted by atomic mass is 10.1. The van der Waals surface area contributed by atoms with Crippen LogP contribution in [-0.2, 0) is 4.79 Å². The summed E-state index contributed by atoms with van der Waals surface area (Å²) in [6.07, 6.45) is 0. The highest BCUT2D eigenvalue weighted by molar-refractivity contribution is 8.00. The number of amides is 2. The number of carbonyl (C=O) groups is 3. The zero-order valence-electron chi connectivity index (χ0n) is 20.4. The first kappa shape index (κ1) is 31.7. The molecule has 0 saturated carbocycles. The predicted octanol–water partition coefficient (Wildman–Crippen LogP) is 9.80. The van der Waals surface area contributed by atoms with E-state index in [0.29, 0.717) is 26.6 Å². The van der Waals surface area contributed by atoms with E-state index >= 15 is 0 Å². The Morgan fingerprint density at radius 1 is 0.854 bits per heavy atom. The average molecular weight is 710 g/mol. The zero-order chi connectivity index (χ0) is 30.0. The minimum atomic E-state index is -1.50. The van der Waals surface area contributed by atoms with Crippen LogP contribution in [0.15, 0.2) is 52.7 Å². The second-order valence-corrected chi connectivity index (χ2v) is 12.8. The Morgan fingerprint density at radius 3 is 2.10 bits per heavy atom. The summed E-state index contributed by atoms with van der Waals surface area (Å²) in [5, 5.41) is 16.3. The number of rotatable bonds is 8. The second-order valence-electron chi connectivity index (χ2n) is 8.21. The summed E-state index contributed by atoms with van der Waals surface area (Å²) >= 11 is 38.8. The van der Waals surface area contributed by atoms with E-state index in [0.717, 1.165) is 10.5 Å². The lowest BCUT2D eigenvalue weighted by molar-refractivity contribution is -0.115. The van der Waals surface area contributed by atoms with Gasteiger partial charge in [-0.15, -0.1) is 23.1 Å². The topological polar surface area (TPSA) is 108 Å². The first-order chi connectivity index (χ1) is 19.4. The summed E-state index contributed by atoms with van der Waals surface area (Å²) in [6.45, 7) is 1.74. The normalized spacial score (nSPS) is 11.7. The fraction of sp³-hybridized carbons (Fsp3) is 0.0769. The molecular formula is C26H15Cl6N3O4S2. The standard InChI is InChI=1S/C26H15Cl6N3O4S2/c1-10(23(36)35-26-34-16(9-40-26)11-2-7-14(27)15(28)8-11)41-13-5-3-12(4-6-13)33-24(37)17-18(25(38)39)20(30)22(32)21(31)19(17)29/h2-10H,1H3,(H,33,37)(H,38,39)(H,34,35,36). The van der Waals surface area contributed by atoms with Crippen molar-refractivity contribution in [1.82, 2.24) is 4.98 Å². The number of halogens is 6. The molecule has 1 unspecified atom stereocenters. The molecule has 41 heavy (non-hydrogen) atoms. The van der Waals surface area contributed by atoms with Gasteiger partial charge in [-0.05, 0) is 43.3 Å². The van der Waals surface area contributed by atoms with Crippen LogP contribution >= 0.6 is 92.7 Å². The molecule has 4 aromatic rings. The van der Waals surface area contributed by atoms with Gasteiger partial charge in [0.05, 0.1) is 52.2 Å². The Kier molecular flexibility index (Phi) is 10.4. The quantitative estimate of drug-likeness (QED) is 0.0955. The minimum Gasteiger partial charge on any atom is -0.478 e. The first-order valence-corrected chi connectivity index (χ1v) is 15.3. The fourth-order valence-corrected chi connectivity index (χ4v) is 6.35. The van der Waals surface area contributed by atoms with Crippen LogP contribution in [0.2, 0.25) is 30.1 Å². The van der Waals surface area contributed by atoms with Gasteiger partial charge in [0.25, 0.3) is 5.91 Å². The maximum Gasteiger partial charge on any atom is 0.338 e. The van der Waals surface area contributed by atoms with Gasteiger partial charge in [0, 0.05) is 21.5 Å². The molecule has 0 spiro atoms. The molecule has 2 amide bonds. The highest BCUT2D eigenvalue weighted by atomic mass is 35.5. The number of hydrogen-bond donors (Lipinski definition) is 3. The number of anilines is 2. The summed E-state index contributed by atoms with van der Waals surface area (Å²) in [5.74, 6) is -2.59. The van der Waals surface area contributed by atoms with E-state index in [1.165, 1.54) is 23.1 Å². The number of nitrogens with zero attached hydrogens (tertiary/aromatic N) is 1. The Morgan fingerprint density at radius 2 is 1.49 bits per heavy atom. The molecular weight excluding hydrogens is 695 g/mol. The SMILES string of the molecule is CC(Sc1ccc(NC(=O)c2c(Cl)c(Cl)c(Cl)c(Cl)c2C(=O)O)cc1)C(=O)Nc1nc(-c2ccc(Cl)c(Cl)c2)cs1. The van der Waals surface area contributed by atoms with Crippen molar-refractivity contribution in [2.24, 2.45) is 0 Å². The molecule has 0 aliphatic carbocycles. The van der Waals surface area contributed by atoms with Crippen molar-refractivity contribution in [3.8, 4) is 11.3 Å². The number of carbonyl (C=O) groups excluding carboxylic acids is 2. The van der Waals surface area contributed by atoms with Gasteiger partial charge < -0.3 is 15.7 Å². The number of carboxylic acid groups (broad SMARTS) is 1. The van der Waals surface area contributed by atoms with Gasteiger partial charge in [-0.2, -0.15) is 0 Å². The second kappa shape index (κ2) is 13.4. The third kappa shape index (κ3) is 7.24.